The number of hydrogen-bond donors (Lipinski definition) is 1. The summed E-state index contributed by atoms with van der Waals surface area (Å²) in [5.41, 5.74) is 3.76. The highest BCUT2D eigenvalue weighted by Crippen LogP contribution is 2.17. The monoisotopic (exact) mass is 369 g/mol. The topological polar surface area (TPSA) is 53.4 Å². The minimum atomic E-state index is -0.0562. The lowest BCUT2D eigenvalue weighted by Crippen LogP contribution is -2.49. The second-order valence-corrected chi connectivity index (χ2v) is 7.49. The Morgan fingerprint density at radius 3 is 2.56 bits per heavy atom. The SMILES string of the molecule is CCC(C)n1nc(NC(=O)N2CCN(Cc3ccccc3C)CC2)cc1C. The largest absolute Gasteiger partial charge is 0.323 e. The Bertz CT molecular complexity index is 777. The summed E-state index contributed by atoms with van der Waals surface area (Å²) >= 11 is 0. The van der Waals surface area contributed by atoms with E-state index in [4.69, 9.17) is 0 Å². The molecule has 2 heterocycles. The molecule has 1 aromatic carbocycles. The first-order chi connectivity index (χ1) is 13.0. The number of aryl methyl sites for hydroxylation is 2. The molecule has 1 aromatic heterocycles. The van der Waals surface area contributed by atoms with Crippen molar-refractivity contribution in [1.29, 1.82) is 0 Å². The predicted molar refractivity (Wildman–Crippen MR) is 109 cm³/mol. The third kappa shape index (κ3) is 4.69. The highest BCUT2D eigenvalue weighted by atomic mass is 16.2. The van der Waals surface area contributed by atoms with E-state index in [0.717, 1.165) is 44.8 Å². The van der Waals surface area contributed by atoms with Crippen molar-refractivity contribution in [2.24, 2.45) is 0 Å². The zero-order valence-electron chi connectivity index (χ0n) is 16.9. The van der Waals surface area contributed by atoms with Crippen molar-refractivity contribution < 1.29 is 4.79 Å². The molecule has 2 amide bonds. The quantitative estimate of drug-likeness (QED) is 0.872. The number of hydrogen-bond acceptors (Lipinski definition) is 3. The normalized spacial score (nSPS) is 16.4. The van der Waals surface area contributed by atoms with E-state index in [1.54, 1.807) is 0 Å². The molecule has 1 N–H and O–H groups in total. The van der Waals surface area contributed by atoms with E-state index in [9.17, 15) is 4.79 Å². The van der Waals surface area contributed by atoms with Crippen LogP contribution in [0.1, 0.15) is 43.1 Å². The summed E-state index contributed by atoms with van der Waals surface area (Å²) in [6.45, 7) is 12.7. The second kappa shape index (κ2) is 8.57. The van der Waals surface area contributed by atoms with Crippen molar-refractivity contribution in [2.75, 3.05) is 31.5 Å². The number of carbonyl (C=O) groups is 1. The Kier molecular flexibility index (Phi) is 6.16. The number of nitrogens with one attached hydrogen (secondary N) is 1. The molecule has 0 radical (unpaired) electrons. The minimum Gasteiger partial charge on any atom is -0.322 e. The highest BCUT2D eigenvalue weighted by Gasteiger charge is 2.22. The van der Waals surface area contributed by atoms with E-state index in [1.807, 2.05) is 22.6 Å². The molecule has 1 atom stereocenters. The van der Waals surface area contributed by atoms with Gasteiger partial charge < -0.3 is 4.90 Å². The first-order valence-electron chi connectivity index (χ1n) is 9.87. The molecular formula is C21H31N5O. The van der Waals surface area contributed by atoms with Crippen molar-refractivity contribution in [2.45, 2.75) is 46.7 Å². The van der Waals surface area contributed by atoms with Crippen LogP contribution in [0.15, 0.2) is 30.3 Å². The van der Waals surface area contributed by atoms with Crippen LogP contribution in [0.2, 0.25) is 0 Å². The Hall–Kier alpha value is -2.34. The summed E-state index contributed by atoms with van der Waals surface area (Å²) < 4.78 is 1.98. The summed E-state index contributed by atoms with van der Waals surface area (Å²) in [6.07, 6.45) is 1.01. The fraction of sp³-hybridized carbons (Fsp3) is 0.524. The van der Waals surface area contributed by atoms with Crippen LogP contribution in [0.25, 0.3) is 0 Å². The summed E-state index contributed by atoms with van der Waals surface area (Å²) in [5, 5.41) is 7.51. The van der Waals surface area contributed by atoms with Gasteiger partial charge in [0.05, 0.1) is 0 Å². The number of aromatic nitrogens is 2. The maximum Gasteiger partial charge on any atom is 0.323 e. The van der Waals surface area contributed by atoms with Crippen molar-refractivity contribution in [1.82, 2.24) is 19.6 Å². The zero-order chi connectivity index (χ0) is 19.4. The van der Waals surface area contributed by atoms with E-state index in [0.29, 0.717) is 11.9 Å². The fourth-order valence-corrected chi connectivity index (χ4v) is 3.49. The highest BCUT2D eigenvalue weighted by molar-refractivity contribution is 5.88. The van der Waals surface area contributed by atoms with Crippen LogP contribution < -0.4 is 5.32 Å². The van der Waals surface area contributed by atoms with Gasteiger partial charge in [0.2, 0.25) is 0 Å². The average Bonchev–Trinajstić information content (AvgIpc) is 3.03. The molecule has 0 saturated carbocycles. The molecule has 1 aliphatic rings. The van der Waals surface area contributed by atoms with Crippen molar-refractivity contribution in [3.63, 3.8) is 0 Å². The van der Waals surface area contributed by atoms with Crippen LogP contribution in [0, 0.1) is 13.8 Å². The minimum absolute atomic E-state index is 0.0562. The lowest BCUT2D eigenvalue weighted by Gasteiger charge is -2.34. The van der Waals surface area contributed by atoms with Gasteiger partial charge in [-0.25, -0.2) is 4.79 Å². The van der Waals surface area contributed by atoms with Gasteiger partial charge in [-0.05, 0) is 38.3 Å². The Morgan fingerprint density at radius 2 is 1.89 bits per heavy atom. The van der Waals surface area contributed by atoms with Crippen molar-refractivity contribution in [3.8, 4) is 0 Å². The van der Waals surface area contributed by atoms with Crippen LogP contribution in [0.3, 0.4) is 0 Å². The molecule has 1 aliphatic heterocycles. The van der Waals surface area contributed by atoms with E-state index < -0.39 is 0 Å². The molecule has 2 aromatic rings. The van der Waals surface area contributed by atoms with Gasteiger partial charge in [0, 0.05) is 50.5 Å². The summed E-state index contributed by atoms with van der Waals surface area (Å²) in [7, 11) is 0. The molecular weight excluding hydrogens is 338 g/mol. The zero-order valence-corrected chi connectivity index (χ0v) is 16.9. The van der Waals surface area contributed by atoms with Crippen LogP contribution in [0.5, 0.6) is 0 Å². The van der Waals surface area contributed by atoms with Gasteiger partial charge in [-0.3, -0.25) is 14.9 Å². The van der Waals surface area contributed by atoms with Gasteiger partial charge in [-0.2, -0.15) is 5.10 Å². The smallest absolute Gasteiger partial charge is 0.322 e. The number of carbonyl (C=O) groups excluding carboxylic acids is 1. The van der Waals surface area contributed by atoms with Crippen LogP contribution in [0.4, 0.5) is 10.6 Å². The van der Waals surface area contributed by atoms with Crippen molar-refractivity contribution in [3.05, 3.63) is 47.2 Å². The predicted octanol–water partition coefficient (Wildman–Crippen LogP) is 3.82. The average molecular weight is 370 g/mol. The number of nitrogens with zero attached hydrogens (tertiary/aromatic N) is 4. The standard InChI is InChI=1S/C21H31N5O/c1-5-17(3)26-18(4)14-20(23-26)22-21(27)25-12-10-24(11-13-25)15-19-9-7-6-8-16(19)2/h6-9,14,17H,5,10-13,15H2,1-4H3,(H,22,23,27). The summed E-state index contributed by atoms with van der Waals surface area (Å²) in [5.74, 6) is 0.639. The van der Waals surface area contributed by atoms with E-state index >= 15 is 0 Å². The molecule has 1 unspecified atom stereocenters. The lowest BCUT2D eigenvalue weighted by molar-refractivity contribution is 0.142. The summed E-state index contributed by atoms with van der Waals surface area (Å²) in [4.78, 5) is 16.9. The molecule has 0 bridgehead atoms. The number of amides is 2. The number of piperazine rings is 1. The van der Waals surface area contributed by atoms with Crippen LogP contribution >= 0.6 is 0 Å². The Labute approximate surface area is 162 Å². The first kappa shape index (κ1) is 19.4. The Balaban J connectivity index is 1.52. The van der Waals surface area contributed by atoms with Gasteiger partial charge in [-0.1, -0.05) is 31.2 Å². The van der Waals surface area contributed by atoms with Crippen molar-refractivity contribution >= 4 is 11.8 Å². The number of anilines is 1. The number of urea groups is 1. The third-order valence-corrected chi connectivity index (χ3v) is 5.48. The Morgan fingerprint density at radius 1 is 1.19 bits per heavy atom. The van der Waals surface area contributed by atoms with Gasteiger partial charge in [0.25, 0.3) is 0 Å². The van der Waals surface area contributed by atoms with E-state index in [-0.39, 0.29) is 6.03 Å². The molecule has 27 heavy (non-hydrogen) atoms. The molecule has 0 aliphatic carbocycles. The van der Waals surface area contributed by atoms with Crippen LogP contribution in [-0.4, -0.2) is 51.8 Å². The first-order valence-corrected chi connectivity index (χ1v) is 9.87. The summed E-state index contributed by atoms with van der Waals surface area (Å²) in [6, 6.07) is 10.7. The maximum atomic E-state index is 12.6. The third-order valence-electron chi connectivity index (χ3n) is 5.48. The van der Waals surface area contributed by atoms with Gasteiger partial charge in [-0.15, -0.1) is 0 Å². The lowest BCUT2D eigenvalue weighted by atomic mass is 10.1. The molecule has 1 saturated heterocycles. The molecule has 1 fully saturated rings. The van der Waals surface area contributed by atoms with Gasteiger partial charge in [0.15, 0.2) is 5.82 Å². The van der Waals surface area contributed by atoms with E-state index in [2.05, 4.69) is 60.4 Å². The van der Waals surface area contributed by atoms with Gasteiger partial charge >= 0.3 is 6.03 Å². The molecule has 6 heteroatoms. The van der Waals surface area contributed by atoms with Crippen LogP contribution in [-0.2, 0) is 6.54 Å². The molecule has 0 spiro atoms. The number of benzene rings is 1. The molecule has 3 rings (SSSR count). The molecule has 146 valence electrons. The molecule has 6 nitrogen and oxygen atoms in total. The number of rotatable bonds is 5. The van der Waals surface area contributed by atoms with Gasteiger partial charge in [0.1, 0.15) is 0 Å². The maximum absolute atomic E-state index is 12.6. The second-order valence-electron chi connectivity index (χ2n) is 7.49. The fourth-order valence-electron chi connectivity index (χ4n) is 3.49. The van der Waals surface area contributed by atoms with E-state index in [1.165, 1.54) is 11.1 Å².